The number of hydrogen-bond acceptors (Lipinski definition) is 4. The summed E-state index contributed by atoms with van der Waals surface area (Å²) >= 11 is 1.30. The highest BCUT2D eigenvalue weighted by molar-refractivity contribution is 7.20. The van der Waals surface area contributed by atoms with E-state index in [1.54, 1.807) is 7.05 Å². The van der Waals surface area contributed by atoms with Gasteiger partial charge in [0.05, 0.1) is 16.6 Å². The number of hydrogen-bond donors (Lipinski definition) is 1. The lowest BCUT2D eigenvalue weighted by Gasteiger charge is -2.09. The Bertz CT molecular complexity index is 772. The Morgan fingerprint density at radius 2 is 2.17 bits per heavy atom. The van der Waals surface area contributed by atoms with E-state index in [2.05, 4.69) is 10.3 Å². The van der Waals surface area contributed by atoms with E-state index in [9.17, 15) is 9.59 Å². The second-order valence-corrected chi connectivity index (χ2v) is 7.44. The highest BCUT2D eigenvalue weighted by Gasteiger charge is 2.19. The van der Waals surface area contributed by atoms with Crippen molar-refractivity contribution >= 4 is 27.5 Å². The van der Waals surface area contributed by atoms with Crippen LogP contribution in [0.25, 0.3) is 10.2 Å². The number of thiophene rings is 1. The Balaban J connectivity index is 1.65. The normalized spacial score (nSPS) is 15.4. The highest BCUT2D eigenvalue weighted by Crippen LogP contribution is 2.28. The van der Waals surface area contributed by atoms with Gasteiger partial charge in [-0.15, -0.1) is 11.3 Å². The zero-order valence-electron chi connectivity index (χ0n) is 13.7. The Labute approximate surface area is 139 Å². The maximum absolute atomic E-state index is 12.4. The molecule has 1 N–H and O–H groups in total. The molecule has 1 saturated carbocycles. The summed E-state index contributed by atoms with van der Waals surface area (Å²) < 4.78 is 1.45. The predicted octanol–water partition coefficient (Wildman–Crippen LogP) is 3.00. The molecule has 6 heteroatoms. The Kier molecular flexibility index (Phi) is 4.80. The molecule has 0 unspecified atom stereocenters. The number of fused-ring (bicyclic) bond motifs is 1. The summed E-state index contributed by atoms with van der Waals surface area (Å²) in [5.41, 5.74) is 0.649. The summed E-state index contributed by atoms with van der Waals surface area (Å²) in [6, 6.07) is 0. The van der Waals surface area contributed by atoms with Gasteiger partial charge in [0.15, 0.2) is 0 Å². The van der Waals surface area contributed by atoms with E-state index in [-0.39, 0.29) is 11.5 Å². The van der Waals surface area contributed by atoms with Crippen molar-refractivity contribution in [2.24, 2.45) is 13.0 Å². The van der Waals surface area contributed by atoms with E-state index in [0.717, 1.165) is 17.9 Å². The zero-order chi connectivity index (χ0) is 16.4. The first-order valence-corrected chi connectivity index (χ1v) is 9.12. The summed E-state index contributed by atoms with van der Waals surface area (Å²) in [7, 11) is 1.68. The lowest BCUT2D eigenvalue weighted by Crippen LogP contribution is -2.24. The van der Waals surface area contributed by atoms with Gasteiger partial charge in [-0.2, -0.15) is 0 Å². The molecule has 1 amide bonds. The minimum Gasteiger partial charge on any atom is -0.351 e. The molecule has 0 atom stereocenters. The molecule has 0 bridgehead atoms. The number of nitrogens with one attached hydrogen (secondary N) is 1. The smallest absolute Gasteiger partial charge is 0.262 e. The lowest BCUT2D eigenvalue weighted by molar-refractivity contribution is 0.0956. The van der Waals surface area contributed by atoms with Crippen molar-refractivity contribution in [3.8, 4) is 0 Å². The summed E-state index contributed by atoms with van der Waals surface area (Å²) in [5.74, 6) is 0.768. The maximum atomic E-state index is 12.4. The number of aryl methyl sites for hydroxylation is 2. The van der Waals surface area contributed by atoms with Crippen LogP contribution in [0.1, 0.15) is 53.8 Å². The van der Waals surface area contributed by atoms with E-state index in [1.807, 2.05) is 6.92 Å². The first-order chi connectivity index (χ1) is 11.1. The summed E-state index contributed by atoms with van der Waals surface area (Å²) in [6.07, 6.45) is 9.15. The molecule has 2 aromatic rings. The van der Waals surface area contributed by atoms with Crippen LogP contribution in [0, 0.1) is 12.8 Å². The first-order valence-electron chi connectivity index (χ1n) is 8.31. The van der Waals surface area contributed by atoms with Crippen molar-refractivity contribution in [2.45, 2.75) is 45.4 Å². The van der Waals surface area contributed by atoms with Crippen LogP contribution in [0.4, 0.5) is 0 Å². The van der Waals surface area contributed by atoms with Crippen LogP contribution in [0.3, 0.4) is 0 Å². The number of carbonyl (C=O) groups is 1. The monoisotopic (exact) mass is 333 g/mol. The number of aromatic nitrogens is 2. The van der Waals surface area contributed by atoms with Crippen LogP contribution in [-0.2, 0) is 7.05 Å². The number of nitrogens with zero attached hydrogens (tertiary/aromatic N) is 2. The van der Waals surface area contributed by atoms with Crippen molar-refractivity contribution < 1.29 is 4.79 Å². The minimum absolute atomic E-state index is 0.0843. The number of rotatable bonds is 5. The van der Waals surface area contributed by atoms with Gasteiger partial charge >= 0.3 is 0 Å². The fourth-order valence-electron chi connectivity index (χ4n) is 3.40. The topological polar surface area (TPSA) is 64.0 Å². The second-order valence-electron chi connectivity index (χ2n) is 6.45. The number of amides is 1. The van der Waals surface area contributed by atoms with Crippen LogP contribution < -0.4 is 10.9 Å². The molecule has 2 aromatic heterocycles. The zero-order valence-corrected chi connectivity index (χ0v) is 14.5. The molecule has 0 radical (unpaired) electrons. The average Bonchev–Trinajstić information content (AvgIpc) is 3.15. The minimum atomic E-state index is -0.0935. The molecule has 0 spiro atoms. The fourth-order valence-corrected chi connectivity index (χ4v) is 4.45. The van der Waals surface area contributed by atoms with Gasteiger partial charge < -0.3 is 9.88 Å². The van der Waals surface area contributed by atoms with Gasteiger partial charge in [-0.1, -0.05) is 25.7 Å². The molecule has 0 aromatic carbocycles. The van der Waals surface area contributed by atoms with Gasteiger partial charge in [0.1, 0.15) is 4.83 Å². The third-order valence-corrected chi connectivity index (χ3v) is 5.96. The average molecular weight is 333 g/mol. The fraction of sp³-hybridized carbons (Fsp3) is 0.588. The van der Waals surface area contributed by atoms with Crippen molar-refractivity contribution in [2.75, 3.05) is 6.54 Å². The van der Waals surface area contributed by atoms with Crippen LogP contribution >= 0.6 is 11.3 Å². The molecule has 2 heterocycles. The van der Waals surface area contributed by atoms with Crippen LogP contribution in [0.15, 0.2) is 11.1 Å². The van der Waals surface area contributed by atoms with Crippen molar-refractivity contribution in [1.82, 2.24) is 14.9 Å². The summed E-state index contributed by atoms with van der Waals surface area (Å²) in [6.45, 7) is 2.53. The molecule has 124 valence electrons. The van der Waals surface area contributed by atoms with E-state index < -0.39 is 0 Å². The SMILES string of the molecule is Cc1c(C(=O)NCCCC2CCCC2)sc2ncn(C)c(=O)c12. The third-order valence-electron chi connectivity index (χ3n) is 4.77. The maximum Gasteiger partial charge on any atom is 0.262 e. The Morgan fingerprint density at radius 3 is 2.91 bits per heavy atom. The summed E-state index contributed by atoms with van der Waals surface area (Å²) in [4.78, 5) is 30.1. The number of carbonyl (C=O) groups excluding carboxylic acids is 1. The van der Waals surface area contributed by atoms with Crippen LogP contribution in [0.5, 0.6) is 0 Å². The van der Waals surface area contributed by atoms with Crippen LogP contribution in [0.2, 0.25) is 0 Å². The van der Waals surface area contributed by atoms with E-state index in [4.69, 9.17) is 0 Å². The van der Waals surface area contributed by atoms with Gasteiger partial charge in [0, 0.05) is 13.6 Å². The molecule has 1 aliphatic carbocycles. The van der Waals surface area contributed by atoms with Gasteiger partial charge in [-0.05, 0) is 31.2 Å². The molecule has 23 heavy (non-hydrogen) atoms. The van der Waals surface area contributed by atoms with Gasteiger partial charge in [0.25, 0.3) is 11.5 Å². The summed E-state index contributed by atoms with van der Waals surface area (Å²) in [5, 5.41) is 3.56. The molecule has 1 aliphatic rings. The molecular formula is C17H23N3O2S. The van der Waals surface area contributed by atoms with Gasteiger partial charge in [0.2, 0.25) is 0 Å². The second kappa shape index (κ2) is 6.83. The quantitative estimate of drug-likeness (QED) is 0.856. The molecule has 5 nitrogen and oxygen atoms in total. The van der Waals surface area contributed by atoms with Crippen molar-refractivity contribution in [3.63, 3.8) is 0 Å². The largest absolute Gasteiger partial charge is 0.351 e. The molecular weight excluding hydrogens is 310 g/mol. The van der Waals surface area contributed by atoms with E-state index >= 15 is 0 Å². The predicted molar refractivity (Wildman–Crippen MR) is 93.1 cm³/mol. The Morgan fingerprint density at radius 1 is 1.43 bits per heavy atom. The van der Waals surface area contributed by atoms with Gasteiger partial charge in [-0.3, -0.25) is 9.59 Å². The van der Waals surface area contributed by atoms with Crippen LogP contribution in [-0.4, -0.2) is 22.0 Å². The first kappa shape index (κ1) is 16.2. The van der Waals surface area contributed by atoms with Gasteiger partial charge in [-0.25, -0.2) is 4.98 Å². The molecule has 1 fully saturated rings. The van der Waals surface area contributed by atoms with Crippen molar-refractivity contribution in [1.29, 1.82) is 0 Å². The Hall–Kier alpha value is -1.69. The molecule has 0 aliphatic heterocycles. The molecule has 0 saturated heterocycles. The lowest BCUT2D eigenvalue weighted by atomic mass is 10.0. The highest BCUT2D eigenvalue weighted by atomic mass is 32.1. The van der Waals surface area contributed by atoms with E-state index in [1.165, 1.54) is 54.3 Å². The third kappa shape index (κ3) is 3.32. The standard InChI is InChI=1S/C17H23N3O2S/c1-11-13-16(19-10-20(2)17(13)22)23-14(11)15(21)18-9-5-8-12-6-3-4-7-12/h10,12H,3-9H2,1-2H3,(H,18,21). The van der Waals surface area contributed by atoms with E-state index in [0.29, 0.717) is 21.6 Å². The van der Waals surface area contributed by atoms with Crippen molar-refractivity contribution in [3.05, 3.63) is 27.1 Å². The molecule has 3 rings (SSSR count).